The van der Waals surface area contributed by atoms with Gasteiger partial charge in [0.05, 0.1) is 0 Å². The molecular formula is C15H20N2O. The van der Waals surface area contributed by atoms with Gasteiger partial charge in [0.1, 0.15) is 0 Å². The first-order chi connectivity index (χ1) is 8.75. The lowest BCUT2D eigenvalue weighted by Crippen LogP contribution is -2.32. The van der Waals surface area contributed by atoms with E-state index in [1.54, 1.807) is 0 Å². The topological polar surface area (TPSA) is 32.3 Å². The van der Waals surface area contributed by atoms with E-state index in [1.165, 1.54) is 24.0 Å². The van der Waals surface area contributed by atoms with E-state index in [-0.39, 0.29) is 5.91 Å². The minimum Gasteiger partial charge on any atom is -0.315 e. The largest absolute Gasteiger partial charge is 0.315 e. The number of carbonyl (C=O) groups excluding carboxylic acids is 1. The van der Waals surface area contributed by atoms with Gasteiger partial charge in [-0.25, -0.2) is 0 Å². The monoisotopic (exact) mass is 244 g/mol. The van der Waals surface area contributed by atoms with Crippen molar-refractivity contribution >= 4 is 11.6 Å². The predicted octanol–water partition coefficient (Wildman–Crippen LogP) is 1.89. The van der Waals surface area contributed by atoms with Gasteiger partial charge in [0.25, 0.3) is 0 Å². The fraction of sp³-hybridized carbons (Fsp3) is 0.533. The van der Waals surface area contributed by atoms with Gasteiger partial charge >= 0.3 is 0 Å². The van der Waals surface area contributed by atoms with Crippen LogP contribution < -0.4 is 10.2 Å². The molecule has 0 radical (unpaired) electrons. The number of fused-ring (bicyclic) bond motifs is 1. The number of hydrogen-bond acceptors (Lipinski definition) is 2. The van der Waals surface area contributed by atoms with E-state index in [9.17, 15) is 4.79 Å². The third-order valence-electron chi connectivity index (χ3n) is 4.20. The van der Waals surface area contributed by atoms with Crippen molar-refractivity contribution in [1.29, 1.82) is 0 Å². The molecule has 1 aromatic carbocycles. The van der Waals surface area contributed by atoms with Crippen LogP contribution in [-0.4, -0.2) is 25.5 Å². The lowest BCUT2D eigenvalue weighted by Gasteiger charge is -2.28. The maximum absolute atomic E-state index is 11.7. The van der Waals surface area contributed by atoms with Crippen molar-refractivity contribution in [2.24, 2.45) is 0 Å². The molecule has 3 rings (SSSR count). The van der Waals surface area contributed by atoms with Gasteiger partial charge in [0, 0.05) is 25.2 Å². The summed E-state index contributed by atoms with van der Waals surface area (Å²) in [7, 11) is 1.89. The van der Waals surface area contributed by atoms with Crippen LogP contribution in [0.15, 0.2) is 18.2 Å². The SMILES string of the molecule is CN1C(=O)CCc2c(CC3CCCN3)cccc21. The molecule has 1 atom stereocenters. The first-order valence-electron chi connectivity index (χ1n) is 6.86. The highest BCUT2D eigenvalue weighted by Crippen LogP contribution is 2.30. The summed E-state index contributed by atoms with van der Waals surface area (Å²) < 4.78 is 0. The van der Waals surface area contributed by atoms with Crippen molar-refractivity contribution < 1.29 is 4.79 Å². The average Bonchev–Trinajstić information content (AvgIpc) is 2.87. The third-order valence-corrected chi connectivity index (χ3v) is 4.20. The summed E-state index contributed by atoms with van der Waals surface area (Å²) in [6, 6.07) is 7.00. The van der Waals surface area contributed by atoms with E-state index in [0.29, 0.717) is 12.5 Å². The standard InChI is InChI=1S/C15H20N2O/c1-17-14-6-2-4-11(10-12-5-3-9-16-12)13(14)7-8-15(17)18/h2,4,6,12,16H,3,5,7-10H2,1H3. The van der Waals surface area contributed by atoms with Gasteiger partial charge in [-0.15, -0.1) is 0 Å². The molecule has 0 aliphatic carbocycles. The van der Waals surface area contributed by atoms with Gasteiger partial charge in [-0.1, -0.05) is 12.1 Å². The van der Waals surface area contributed by atoms with Crippen LogP contribution in [0.2, 0.25) is 0 Å². The van der Waals surface area contributed by atoms with Crippen molar-refractivity contribution in [2.75, 3.05) is 18.5 Å². The summed E-state index contributed by atoms with van der Waals surface area (Å²) >= 11 is 0. The van der Waals surface area contributed by atoms with Crippen molar-refractivity contribution in [3.63, 3.8) is 0 Å². The lowest BCUT2D eigenvalue weighted by molar-refractivity contribution is -0.118. The number of nitrogens with one attached hydrogen (secondary N) is 1. The Labute approximate surface area is 108 Å². The number of nitrogens with zero attached hydrogens (tertiary/aromatic N) is 1. The molecule has 18 heavy (non-hydrogen) atoms. The fourth-order valence-corrected chi connectivity index (χ4v) is 3.15. The normalized spacial score (nSPS) is 23.3. The molecule has 3 nitrogen and oxygen atoms in total. The molecule has 1 aromatic rings. The molecule has 0 spiro atoms. The molecule has 0 saturated carbocycles. The summed E-state index contributed by atoms with van der Waals surface area (Å²) in [6.45, 7) is 1.15. The lowest BCUT2D eigenvalue weighted by atomic mass is 9.92. The maximum atomic E-state index is 11.7. The highest BCUT2D eigenvalue weighted by molar-refractivity contribution is 5.96. The van der Waals surface area contributed by atoms with Gasteiger partial charge in [0.2, 0.25) is 5.91 Å². The van der Waals surface area contributed by atoms with Crippen LogP contribution in [0.4, 0.5) is 5.69 Å². The van der Waals surface area contributed by atoms with Crippen LogP contribution in [0.1, 0.15) is 30.4 Å². The summed E-state index contributed by atoms with van der Waals surface area (Å²) in [5.74, 6) is 0.235. The highest BCUT2D eigenvalue weighted by atomic mass is 16.2. The first kappa shape index (κ1) is 11.7. The second-order valence-electron chi connectivity index (χ2n) is 5.36. The predicted molar refractivity (Wildman–Crippen MR) is 72.9 cm³/mol. The van der Waals surface area contributed by atoms with Gasteiger partial charge in [-0.2, -0.15) is 0 Å². The van der Waals surface area contributed by atoms with Gasteiger partial charge in [-0.05, 0) is 49.4 Å². The Balaban J connectivity index is 1.89. The zero-order chi connectivity index (χ0) is 12.5. The Morgan fingerprint density at radius 3 is 3.06 bits per heavy atom. The number of carbonyl (C=O) groups is 1. The van der Waals surface area contributed by atoms with Crippen LogP contribution in [0.3, 0.4) is 0 Å². The highest BCUT2D eigenvalue weighted by Gasteiger charge is 2.24. The quantitative estimate of drug-likeness (QED) is 0.861. The number of hydrogen-bond donors (Lipinski definition) is 1. The molecule has 3 heteroatoms. The number of anilines is 1. The van der Waals surface area contributed by atoms with E-state index >= 15 is 0 Å². The van der Waals surface area contributed by atoms with E-state index in [0.717, 1.165) is 25.1 Å². The zero-order valence-electron chi connectivity index (χ0n) is 10.9. The molecule has 1 unspecified atom stereocenters. The van der Waals surface area contributed by atoms with Gasteiger partial charge in [0.15, 0.2) is 0 Å². The summed E-state index contributed by atoms with van der Waals surface area (Å²) in [5.41, 5.74) is 3.92. The number of benzene rings is 1. The molecular weight excluding hydrogens is 224 g/mol. The molecule has 2 heterocycles. The molecule has 1 amide bonds. The van der Waals surface area contributed by atoms with Crippen molar-refractivity contribution in [3.8, 4) is 0 Å². The molecule has 1 fully saturated rings. The van der Waals surface area contributed by atoms with Crippen LogP contribution in [0.5, 0.6) is 0 Å². The molecule has 2 aliphatic rings. The molecule has 96 valence electrons. The smallest absolute Gasteiger partial charge is 0.227 e. The summed E-state index contributed by atoms with van der Waals surface area (Å²) in [6.07, 6.45) is 5.22. The Morgan fingerprint density at radius 2 is 2.28 bits per heavy atom. The Kier molecular flexibility index (Phi) is 3.08. The van der Waals surface area contributed by atoms with Gasteiger partial charge < -0.3 is 10.2 Å². The maximum Gasteiger partial charge on any atom is 0.227 e. The molecule has 2 aliphatic heterocycles. The van der Waals surface area contributed by atoms with Crippen molar-refractivity contribution in [1.82, 2.24) is 5.32 Å². The van der Waals surface area contributed by atoms with Crippen LogP contribution in [0.25, 0.3) is 0 Å². The number of rotatable bonds is 2. The molecule has 0 bridgehead atoms. The van der Waals surface area contributed by atoms with E-state index in [4.69, 9.17) is 0 Å². The van der Waals surface area contributed by atoms with Crippen LogP contribution in [0, 0.1) is 0 Å². The van der Waals surface area contributed by atoms with Crippen LogP contribution in [-0.2, 0) is 17.6 Å². The first-order valence-corrected chi connectivity index (χ1v) is 6.86. The van der Waals surface area contributed by atoms with Crippen molar-refractivity contribution in [3.05, 3.63) is 29.3 Å². The van der Waals surface area contributed by atoms with E-state index in [2.05, 4.69) is 23.5 Å². The molecule has 1 N–H and O–H groups in total. The zero-order valence-corrected chi connectivity index (χ0v) is 10.9. The number of amides is 1. The third kappa shape index (κ3) is 2.03. The van der Waals surface area contributed by atoms with Gasteiger partial charge in [-0.3, -0.25) is 4.79 Å². The Hall–Kier alpha value is -1.35. The Bertz CT molecular complexity index is 464. The van der Waals surface area contributed by atoms with E-state index in [1.807, 2.05) is 11.9 Å². The Morgan fingerprint density at radius 1 is 1.39 bits per heavy atom. The molecule has 1 saturated heterocycles. The fourth-order valence-electron chi connectivity index (χ4n) is 3.15. The summed E-state index contributed by atoms with van der Waals surface area (Å²) in [5, 5.41) is 3.55. The second kappa shape index (κ2) is 4.73. The molecule has 0 aromatic heterocycles. The average molecular weight is 244 g/mol. The second-order valence-corrected chi connectivity index (χ2v) is 5.36. The minimum absolute atomic E-state index is 0.235. The van der Waals surface area contributed by atoms with E-state index < -0.39 is 0 Å². The van der Waals surface area contributed by atoms with Crippen LogP contribution >= 0.6 is 0 Å². The van der Waals surface area contributed by atoms with Crippen molar-refractivity contribution in [2.45, 2.75) is 38.1 Å². The summed E-state index contributed by atoms with van der Waals surface area (Å²) in [4.78, 5) is 13.5. The minimum atomic E-state index is 0.235.